The summed E-state index contributed by atoms with van der Waals surface area (Å²) >= 11 is 3.32. The fraction of sp³-hybridized carbons (Fsp3) is 0.0909. The molecule has 0 radical (unpaired) electrons. The molecule has 1 amide bonds. The Hall–Kier alpha value is -3.12. The number of rotatable bonds is 5. The molecule has 0 fully saturated rings. The van der Waals surface area contributed by atoms with Crippen LogP contribution in [0.4, 0.5) is 0 Å². The Kier molecular flexibility index (Phi) is 5.12. The molecule has 0 unspecified atom stereocenters. The number of hydrogen-bond acceptors (Lipinski definition) is 3. The number of carbonyl (C=O) groups excluding carboxylic acids is 1. The lowest BCUT2D eigenvalue weighted by Crippen LogP contribution is -2.34. The first-order valence-corrected chi connectivity index (χ1v) is 9.58. The summed E-state index contributed by atoms with van der Waals surface area (Å²) in [7, 11) is 0. The number of furan rings is 1. The Morgan fingerprint density at radius 1 is 1.04 bits per heavy atom. The van der Waals surface area contributed by atoms with Gasteiger partial charge in [0.1, 0.15) is 23.9 Å². The third kappa shape index (κ3) is 3.92. The molecule has 2 aromatic heterocycles. The molecule has 1 N–H and O–H groups in total. The minimum absolute atomic E-state index is 0.0815. The highest BCUT2D eigenvalue weighted by molar-refractivity contribution is 9.10. The van der Waals surface area contributed by atoms with Gasteiger partial charge in [-0.1, -0.05) is 48.5 Å². The minimum Gasteiger partial charge on any atom is -0.459 e. The normalized spacial score (nSPS) is 12.0. The van der Waals surface area contributed by atoms with Gasteiger partial charge in [0.05, 0.1) is 0 Å². The first-order valence-electron chi connectivity index (χ1n) is 8.79. The van der Waals surface area contributed by atoms with Crippen LogP contribution in [0.25, 0.3) is 11.0 Å². The summed E-state index contributed by atoms with van der Waals surface area (Å²) in [6.07, 6.45) is 1.60. The van der Waals surface area contributed by atoms with E-state index < -0.39 is 6.04 Å². The lowest BCUT2D eigenvalue weighted by molar-refractivity contribution is -0.122. The molecule has 0 aliphatic heterocycles. The van der Waals surface area contributed by atoms with Crippen molar-refractivity contribution >= 4 is 32.8 Å². The fourth-order valence-corrected chi connectivity index (χ4v) is 3.48. The molecule has 2 aromatic carbocycles. The average molecular weight is 437 g/mol. The topological polar surface area (TPSA) is 64.2 Å². The number of para-hydroxylation sites is 1. The summed E-state index contributed by atoms with van der Waals surface area (Å²) in [5.74, 6) is 0.358. The van der Waals surface area contributed by atoms with E-state index >= 15 is 0 Å². The summed E-state index contributed by atoms with van der Waals surface area (Å²) in [6, 6.07) is 21.9. The number of benzene rings is 2. The van der Waals surface area contributed by atoms with Crippen molar-refractivity contribution in [3.63, 3.8) is 0 Å². The van der Waals surface area contributed by atoms with Crippen molar-refractivity contribution in [3.05, 3.63) is 105 Å². The number of carbonyl (C=O) groups is 1. The maximum atomic E-state index is 12.7. The first-order chi connectivity index (χ1) is 13.6. The zero-order valence-electron chi connectivity index (χ0n) is 14.8. The van der Waals surface area contributed by atoms with Gasteiger partial charge in [0.25, 0.3) is 5.56 Å². The number of fused-ring (bicyclic) bond motifs is 1. The van der Waals surface area contributed by atoms with Crippen molar-refractivity contribution in [2.75, 3.05) is 0 Å². The highest BCUT2D eigenvalue weighted by Gasteiger charge is 2.21. The van der Waals surface area contributed by atoms with Crippen molar-refractivity contribution in [2.45, 2.75) is 12.6 Å². The summed E-state index contributed by atoms with van der Waals surface area (Å²) in [6.45, 7) is -0.0815. The lowest BCUT2D eigenvalue weighted by atomic mass is 10.0. The summed E-state index contributed by atoms with van der Waals surface area (Å²) < 4.78 is 8.08. The van der Waals surface area contributed by atoms with E-state index in [4.69, 9.17) is 4.42 Å². The molecule has 5 nitrogen and oxygen atoms in total. The molecule has 1 atom stereocenters. The third-order valence-electron chi connectivity index (χ3n) is 4.43. The predicted molar refractivity (Wildman–Crippen MR) is 111 cm³/mol. The second-order valence-corrected chi connectivity index (χ2v) is 7.33. The molecule has 0 aliphatic carbocycles. The molecular formula is C22H17BrN2O3. The standard InChI is InChI=1S/C22H17BrN2O3/c23-17-10-11-21(27)25(13-17)14-20(26)24-22(15-6-2-1-3-7-15)19-12-16-8-4-5-9-18(16)28-19/h1-13,22H,14H2,(H,24,26)/t22-/m1/s1. The Labute approximate surface area is 169 Å². The van der Waals surface area contributed by atoms with Crippen molar-refractivity contribution in [3.8, 4) is 0 Å². The van der Waals surface area contributed by atoms with E-state index in [1.54, 1.807) is 12.3 Å². The largest absolute Gasteiger partial charge is 0.459 e. The lowest BCUT2D eigenvalue weighted by Gasteiger charge is -2.17. The summed E-state index contributed by atoms with van der Waals surface area (Å²) in [5, 5.41) is 3.97. The van der Waals surface area contributed by atoms with Gasteiger partial charge in [-0.2, -0.15) is 0 Å². The van der Waals surface area contributed by atoms with Gasteiger partial charge in [0.2, 0.25) is 5.91 Å². The van der Waals surface area contributed by atoms with Gasteiger partial charge in [-0.05, 0) is 39.7 Å². The quantitative estimate of drug-likeness (QED) is 0.508. The van der Waals surface area contributed by atoms with E-state index in [1.807, 2.05) is 60.7 Å². The van der Waals surface area contributed by atoms with Crippen LogP contribution in [0.5, 0.6) is 0 Å². The smallest absolute Gasteiger partial charge is 0.251 e. The maximum Gasteiger partial charge on any atom is 0.251 e. The van der Waals surface area contributed by atoms with E-state index in [2.05, 4.69) is 21.2 Å². The van der Waals surface area contributed by atoms with E-state index in [9.17, 15) is 9.59 Å². The predicted octanol–water partition coefficient (Wildman–Crippen LogP) is 4.26. The molecule has 0 saturated carbocycles. The molecule has 28 heavy (non-hydrogen) atoms. The SMILES string of the molecule is O=C(Cn1cc(Br)ccc1=O)N[C@H](c1ccccc1)c1cc2ccccc2o1. The molecule has 6 heteroatoms. The Balaban J connectivity index is 1.65. The van der Waals surface area contributed by atoms with Crippen LogP contribution in [0.2, 0.25) is 0 Å². The second kappa shape index (κ2) is 7.86. The minimum atomic E-state index is -0.455. The molecule has 4 aromatic rings. The molecule has 0 spiro atoms. The number of hydrogen-bond donors (Lipinski definition) is 1. The Morgan fingerprint density at radius 3 is 2.57 bits per heavy atom. The summed E-state index contributed by atoms with van der Waals surface area (Å²) in [4.78, 5) is 24.7. The van der Waals surface area contributed by atoms with Crippen LogP contribution in [0, 0.1) is 0 Å². The number of amides is 1. The summed E-state index contributed by atoms with van der Waals surface area (Å²) in [5.41, 5.74) is 1.42. The van der Waals surface area contributed by atoms with Crippen LogP contribution in [0.15, 0.2) is 92.7 Å². The number of nitrogens with one attached hydrogen (secondary N) is 1. The molecular weight excluding hydrogens is 420 g/mol. The molecule has 2 heterocycles. The molecule has 4 rings (SSSR count). The van der Waals surface area contributed by atoms with Crippen molar-refractivity contribution in [1.29, 1.82) is 0 Å². The van der Waals surface area contributed by atoms with Crippen LogP contribution >= 0.6 is 15.9 Å². The monoisotopic (exact) mass is 436 g/mol. The highest BCUT2D eigenvalue weighted by Crippen LogP contribution is 2.28. The van der Waals surface area contributed by atoms with Crippen LogP contribution < -0.4 is 10.9 Å². The molecule has 0 saturated heterocycles. The van der Waals surface area contributed by atoms with Gasteiger partial charge in [-0.3, -0.25) is 9.59 Å². The van der Waals surface area contributed by atoms with E-state index in [-0.39, 0.29) is 18.0 Å². The zero-order chi connectivity index (χ0) is 19.5. The van der Waals surface area contributed by atoms with Gasteiger partial charge < -0.3 is 14.3 Å². The number of nitrogens with zero attached hydrogens (tertiary/aromatic N) is 1. The van der Waals surface area contributed by atoms with Crippen LogP contribution in [0.3, 0.4) is 0 Å². The van der Waals surface area contributed by atoms with Crippen LogP contribution in [-0.4, -0.2) is 10.5 Å². The van der Waals surface area contributed by atoms with E-state index in [0.717, 1.165) is 21.0 Å². The van der Waals surface area contributed by atoms with Gasteiger partial charge in [0.15, 0.2) is 0 Å². The van der Waals surface area contributed by atoms with E-state index in [1.165, 1.54) is 10.6 Å². The van der Waals surface area contributed by atoms with Crippen molar-refractivity contribution < 1.29 is 9.21 Å². The second-order valence-electron chi connectivity index (χ2n) is 6.41. The number of aromatic nitrogens is 1. The molecule has 0 aliphatic rings. The number of halogens is 1. The van der Waals surface area contributed by atoms with Gasteiger partial charge >= 0.3 is 0 Å². The van der Waals surface area contributed by atoms with Gasteiger partial charge in [-0.25, -0.2) is 0 Å². The molecule has 0 bridgehead atoms. The fourth-order valence-electron chi connectivity index (χ4n) is 3.10. The Morgan fingerprint density at radius 2 is 1.79 bits per heavy atom. The molecule has 140 valence electrons. The average Bonchev–Trinajstić information content (AvgIpc) is 3.13. The van der Waals surface area contributed by atoms with Gasteiger partial charge in [0, 0.05) is 22.1 Å². The number of pyridine rings is 1. The third-order valence-corrected chi connectivity index (χ3v) is 4.90. The van der Waals surface area contributed by atoms with Crippen LogP contribution in [-0.2, 0) is 11.3 Å². The first kappa shape index (κ1) is 18.3. The maximum absolute atomic E-state index is 12.7. The van der Waals surface area contributed by atoms with Crippen LogP contribution in [0.1, 0.15) is 17.4 Å². The highest BCUT2D eigenvalue weighted by atomic mass is 79.9. The zero-order valence-corrected chi connectivity index (χ0v) is 16.4. The Bertz CT molecular complexity index is 1150. The van der Waals surface area contributed by atoms with Crippen molar-refractivity contribution in [2.24, 2.45) is 0 Å². The van der Waals surface area contributed by atoms with E-state index in [0.29, 0.717) is 5.76 Å². The van der Waals surface area contributed by atoms with Gasteiger partial charge in [-0.15, -0.1) is 0 Å². The van der Waals surface area contributed by atoms with Crippen molar-refractivity contribution in [1.82, 2.24) is 9.88 Å².